The van der Waals surface area contributed by atoms with E-state index in [1.807, 2.05) is 6.07 Å². The van der Waals surface area contributed by atoms with Gasteiger partial charge < -0.3 is 10.6 Å². The fourth-order valence-electron chi connectivity index (χ4n) is 2.09. The van der Waals surface area contributed by atoms with E-state index in [2.05, 4.69) is 36.2 Å². The molecule has 1 saturated heterocycles. The Bertz CT molecular complexity index is 271. The predicted octanol–water partition coefficient (Wildman–Crippen LogP) is 1.04. The molecule has 1 heterocycles. The SMILES string of the molecule is CN1CC(c2ccccc2)[C@@H](N)C1. The second-order valence-corrected chi connectivity index (χ2v) is 3.90. The van der Waals surface area contributed by atoms with E-state index in [0.717, 1.165) is 13.1 Å². The Kier molecular flexibility index (Phi) is 2.34. The number of nitrogens with two attached hydrogens (primary N) is 1. The van der Waals surface area contributed by atoms with E-state index in [-0.39, 0.29) is 0 Å². The zero-order chi connectivity index (χ0) is 9.26. The van der Waals surface area contributed by atoms with E-state index in [9.17, 15) is 0 Å². The third-order valence-corrected chi connectivity index (χ3v) is 2.78. The molecule has 1 aromatic carbocycles. The van der Waals surface area contributed by atoms with Crippen molar-refractivity contribution in [3.05, 3.63) is 35.9 Å². The molecule has 2 nitrogen and oxygen atoms in total. The summed E-state index contributed by atoms with van der Waals surface area (Å²) in [6.07, 6.45) is 0. The molecule has 0 saturated carbocycles. The van der Waals surface area contributed by atoms with Gasteiger partial charge >= 0.3 is 0 Å². The molecule has 0 spiro atoms. The summed E-state index contributed by atoms with van der Waals surface area (Å²) < 4.78 is 0. The van der Waals surface area contributed by atoms with Gasteiger partial charge in [-0.05, 0) is 12.6 Å². The Morgan fingerprint density at radius 2 is 1.92 bits per heavy atom. The molecule has 0 amide bonds. The summed E-state index contributed by atoms with van der Waals surface area (Å²) in [7, 11) is 2.13. The van der Waals surface area contributed by atoms with E-state index in [1.165, 1.54) is 5.56 Å². The molecule has 1 aliphatic heterocycles. The Morgan fingerprint density at radius 1 is 1.23 bits per heavy atom. The summed E-state index contributed by atoms with van der Waals surface area (Å²) >= 11 is 0. The topological polar surface area (TPSA) is 29.3 Å². The van der Waals surface area contributed by atoms with Crippen LogP contribution in [0.4, 0.5) is 0 Å². The molecule has 2 rings (SSSR count). The van der Waals surface area contributed by atoms with Crippen LogP contribution in [0.3, 0.4) is 0 Å². The van der Waals surface area contributed by atoms with Crippen molar-refractivity contribution >= 4 is 0 Å². The van der Waals surface area contributed by atoms with Crippen molar-refractivity contribution in [2.24, 2.45) is 5.73 Å². The van der Waals surface area contributed by atoms with Gasteiger partial charge in [-0.25, -0.2) is 0 Å². The van der Waals surface area contributed by atoms with Crippen molar-refractivity contribution in [1.82, 2.24) is 4.90 Å². The third-order valence-electron chi connectivity index (χ3n) is 2.78. The van der Waals surface area contributed by atoms with E-state index < -0.39 is 0 Å². The molecule has 1 aliphatic rings. The molecule has 1 aromatic rings. The lowest BCUT2D eigenvalue weighted by atomic mass is 9.95. The van der Waals surface area contributed by atoms with Crippen molar-refractivity contribution in [2.75, 3.05) is 20.1 Å². The fourth-order valence-corrected chi connectivity index (χ4v) is 2.09. The Balaban J connectivity index is 2.18. The first-order valence-corrected chi connectivity index (χ1v) is 4.76. The molecule has 13 heavy (non-hydrogen) atoms. The maximum Gasteiger partial charge on any atom is 0.0249 e. The molecule has 0 aromatic heterocycles. The number of nitrogens with zero attached hydrogens (tertiary/aromatic N) is 1. The van der Waals surface area contributed by atoms with Gasteiger partial charge in [0.25, 0.3) is 0 Å². The lowest BCUT2D eigenvalue weighted by molar-refractivity contribution is 0.407. The summed E-state index contributed by atoms with van der Waals surface area (Å²) in [6.45, 7) is 2.10. The fraction of sp³-hybridized carbons (Fsp3) is 0.455. The van der Waals surface area contributed by atoms with Crippen LogP contribution in [0.5, 0.6) is 0 Å². The van der Waals surface area contributed by atoms with Crippen molar-refractivity contribution in [1.29, 1.82) is 0 Å². The first kappa shape index (κ1) is 8.73. The van der Waals surface area contributed by atoms with Crippen LogP contribution in [0, 0.1) is 0 Å². The first-order valence-electron chi connectivity index (χ1n) is 4.76. The van der Waals surface area contributed by atoms with Crippen LogP contribution in [0.2, 0.25) is 0 Å². The van der Waals surface area contributed by atoms with Gasteiger partial charge in [-0.3, -0.25) is 0 Å². The summed E-state index contributed by atoms with van der Waals surface area (Å²) in [4.78, 5) is 2.29. The number of benzene rings is 1. The summed E-state index contributed by atoms with van der Waals surface area (Å²) in [5.41, 5.74) is 7.43. The molecule has 2 N–H and O–H groups in total. The highest BCUT2D eigenvalue weighted by atomic mass is 15.1. The molecule has 2 heteroatoms. The summed E-state index contributed by atoms with van der Waals surface area (Å²) in [6, 6.07) is 10.9. The van der Waals surface area contributed by atoms with Gasteiger partial charge in [0.2, 0.25) is 0 Å². The Hall–Kier alpha value is -0.860. The highest BCUT2D eigenvalue weighted by Crippen LogP contribution is 2.24. The summed E-state index contributed by atoms with van der Waals surface area (Å²) in [5.74, 6) is 0.520. The lowest BCUT2D eigenvalue weighted by Crippen LogP contribution is -2.27. The van der Waals surface area contributed by atoms with E-state index in [4.69, 9.17) is 5.73 Å². The molecule has 1 fully saturated rings. The third kappa shape index (κ3) is 1.74. The van der Waals surface area contributed by atoms with Crippen LogP contribution in [-0.4, -0.2) is 31.1 Å². The first-order chi connectivity index (χ1) is 6.27. The highest BCUT2D eigenvalue weighted by molar-refractivity contribution is 5.23. The molecule has 1 unspecified atom stereocenters. The maximum absolute atomic E-state index is 6.06. The minimum Gasteiger partial charge on any atom is -0.326 e. The number of rotatable bonds is 1. The molecule has 70 valence electrons. The maximum atomic E-state index is 6.06. The van der Waals surface area contributed by atoms with Crippen LogP contribution < -0.4 is 5.73 Å². The minimum absolute atomic E-state index is 0.299. The lowest BCUT2D eigenvalue weighted by Gasteiger charge is -2.13. The Labute approximate surface area is 79.4 Å². The van der Waals surface area contributed by atoms with Crippen LogP contribution in [0.25, 0.3) is 0 Å². The largest absolute Gasteiger partial charge is 0.326 e. The second kappa shape index (κ2) is 3.48. The smallest absolute Gasteiger partial charge is 0.0249 e. The van der Waals surface area contributed by atoms with Crippen LogP contribution >= 0.6 is 0 Å². The monoisotopic (exact) mass is 176 g/mol. The molecule has 0 bridgehead atoms. The van der Waals surface area contributed by atoms with Crippen LogP contribution in [0.15, 0.2) is 30.3 Å². The molecular weight excluding hydrogens is 160 g/mol. The van der Waals surface area contributed by atoms with E-state index in [0.29, 0.717) is 12.0 Å². The van der Waals surface area contributed by atoms with Crippen molar-refractivity contribution in [3.8, 4) is 0 Å². The highest BCUT2D eigenvalue weighted by Gasteiger charge is 2.28. The van der Waals surface area contributed by atoms with Crippen LogP contribution in [-0.2, 0) is 0 Å². The minimum atomic E-state index is 0.299. The average molecular weight is 176 g/mol. The number of likely N-dealkylation sites (tertiary alicyclic amines) is 1. The number of likely N-dealkylation sites (N-methyl/N-ethyl adjacent to an activating group) is 1. The van der Waals surface area contributed by atoms with Crippen molar-refractivity contribution in [2.45, 2.75) is 12.0 Å². The zero-order valence-electron chi connectivity index (χ0n) is 7.98. The molecular formula is C11H16N2. The molecule has 0 aliphatic carbocycles. The van der Waals surface area contributed by atoms with Gasteiger partial charge in [0.15, 0.2) is 0 Å². The summed E-state index contributed by atoms with van der Waals surface area (Å²) in [5, 5.41) is 0. The van der Waals surface area contributed by atoms with Gasteiger partial charge in [-0.1, -0.05) is 30.3 Å². The van der Waals surface area contributed by atoms with Crippen molar-refractivity contribution < 1.29 is 0 Å². The quantitative estimate of drug-likeness (QED) is 0.693. The van der Waals surface area contributed by atoms with Gasteiger partial charge in [0, 0.05) is 25.0 Å². The molecule has 0 radical (unpaired) electrons. The van der Waals surface area contributed by atoms with E-state index in [1.54, 1.807) is 0 Å². The van der Waals surface area contributed by atoms with Crippen LogP contribution in [0.1, 0.15) is 11.5 Å². The van der Waals surface area contributed by atoms with Gasteiger partial charge in [-0.2, -0.15) is 0 Å². The van der Waals surface area contributed by atoms with Gasteiger partial charge in [0.05, 0.1) is 0 Å². The predicted molar refractivity (Wildman–Crippen MR) is 54.7 cm³/mol. The number of hydrogen-bond donors (Lipinski definition) is 1. The van der Waals surface area contributed by atoms with Gasteiger partial charge in [-0.15, -0.1) is 0 Å². The molecule has 2 atom stereocenters. The Morgan fingerprint density at radius 3 is 2.46 bits per heavy atom. The zero-order valence-corrected chi connectivity index (χ0v) is 7.98. The van der Waals surface area contributed by atoms with E-state index >= 15 is 0 Å². The van der Waals surface area contributed by atoms with Gasteiger partial charge in [0.1, 0.15) is 0 Å². The van der Waals surface area contributed by atoms with Crippen molar-refractivity contribution in [3.63, 3.8) is 0 Å². The average Bonchev–Trinajstić information content (AvgIpc) is 2.47. The second-order valence-electron chi connectivity index (χ2n) is 3.90. The normalized spacial score (nSPS) is 29.4. The standard InChI is InChI=1S/C11H16N2/c1-13-7-10(11(12)8-13)9-5-3-2-4-6-9/h2-6,10-11H,7-8,12H2,1H3/t10?,11-/m0/s1. The number of hydrogen-bond acceptors (Lipinski definition) is 2.